The van der Waals surface area contributed by atoms with Gasteiger partial charge in [0.15, 0.2) is 0 Å². The number of halogens is 1. The maximum Gasteiger partial charge on any atom is 0.0638 e. The van der Waals surface area contributed by atoms with E-state index in [9.17, 15) is 0 Å². The molecule has 60 valence electrons. The average Bonchev–Trinajstić information content (AvgIpc) is 1.98. The van der Waals surface area contributed by atoms with E-state index in [1.54, 1.807) is 0 Å². The van der Waals surface area contributed by atoms with E-state index in [1.165, 1.54) is 5.56 Å². The molecule has 0 saturated heterocycles. The van der Waals surface area contributed by atoms with Crippen molar-refractivity contribution < 1.29 is 0 Å². The molecule has 1 aromatic carbocycles. The SMILES string of the molecule is CCCc1ccc(N)c(Cl)c1. The lowest BCUT2D eigenvalue weighted by Gasteiger charge is -2.01. The second-order valence-corrected chi connectivity index (χ2v) is 3.01. The van der Waals surface area contributed by atoms with Crippen molar-refractivity contribution in [2.24, 2.45) is 0 Å². The summed E-state index contributed by atoms with van der Waals surface area (Å²) in [5.41, 5.74) is 7.47. The number of nitrogen functional groups attached to an aromatic ring is 1. The Labute approximate surface area is 72.2 Å². The third kappa shape index (κ3) is 2.12. The number of hydrogen-bond donors (Lipinski definition) is 1. The molecule has 0 radical (unpaired) electrons. The molecule has 0 spiro atoms. The van der Waals surface area contributed by atoms with Crippen LogP contribution in [0.25, 0.3) is 0 Å². The normalized spacial score (nSPS) is 10.0. The standard InChI is InChI=1S/C9H12ClN/c1-2-3-7-4-5-9(11)8(10)6-7/h4-6H,2-3,11H2,1H3. The first kappa shape index (κ1) is 8.41. The van der Waals surface area contributed by atoms with Gasteiger partial charge in [0.1, 0.15) is 0 Å². The Bertz CT molecular complexity index is 245. The van der Waals surface area contributed by atoms with Crippen LogP contribution in [0.4, 0.5) is 5.69 Å². The molecular formula is C9H12ClN. The largest absolute Gasteiger partial charge is 0.398 e. The quantitative estimate of drug-likeness (QED) is 0.677. The Morgan fingerprint density at radius 3 is 2.73 bits per heavy atom. The lowest BCUT2D eigenvalue weighted by Crippen LogP contribution is -1.88. The van der Waals surface area contributed by atoms with Crippen molar-refractivity contribution in [2.45, 2.75) is 19.8 Å². The van der Waals surface area contributed by atoms with Crippen molar-refractivity contribution in [1.29, 1.82) is 0 Å². The zero-order valence-electron chi connectivity index (χ0n) is 6.60. The van der Waals surface area contributed by atoms with E-state index in [0.717, 1.165) is 12.8 Å². The highest BCUT2D eigenvalue weighted by molar-refractivity contribution is 6.33. The molecule has 0 aliphatic carbocycles. The highest BCUT2D eigenvalue weighted by Crippen LogP contribution is 2.20. The van der Waals surface area contributed by atoms with E-state index in [4.69, 9.17) is 17.3 Å². The molecule has 1 nitrogen and oxygen atoms in total. The molecule has 0 saturated carbocycles. The Balaban J connectivity index is 2.86. The summed E-state index contributed by atoms with van der Waals surface area (Å²) < 4.78 is 0. The number of nitrogens with two attached hydrogens (primary N) is 1. The van der Waals surface area contributed by atoms with Crippen LogP contribution in [0.1, 0.15) is 18.9 Å². The van der Waals surface area contributed by atoms with Crippen molar-refractivity contribution >= 4 is 17.3 Å². The van der Waals surface area contributed by atoms with Gasteiger partial charge in [0.05, 0.1) is 10.7 Å². The van der Waals surface area contributed by atoms with Crippen LogP contribution in [-0.2, 0) is 6.42 Å². The number of hydrogen-bond acceptors (Lipinski definition) is 1. The zero-order valence-corrected chi connectivity index (χ0v) is 7.36. The summed E-state index contributed by atoms with van der Waals surface area (Å²) in [4.78, 5) is 0. The fourth-order valence-corrected chi connectivity index (χ4v) is 1.22. The van der Waals surface area contributed by atoms with Gasteiger partial charge in [-0.3, -0.25) is 0 Å². The second kappa shape index (κ2) is 3.63. The predicted molar refractivity (Wildman–Crippen MR) is 49.9 cm³/mol. The van der Waals surface area contributed by atoms with Crippen LogP contribution in [0, 0.1) is 0 Å². The third-order valence-electron chi connectivity index (χ3n) is 1.60. The van der Waals surface area contributed by atoms with Crippen molar-refractivity contribution in [2.75, 3.05) is 5.73 Å². The summed E-state index contributed by atoms with van der Waals surface area (Å²) in [7, 11) is 0. The summed E-state index contributed by atoms with van der Waals surface area (Å²) in [5, 5.41) is 0.663. The van der Waals surface area contributed by atoms with E-state index in [-0.39, 0.29) is 0 Å². The van der Waals surface area contributed by atoms with Gasteiger partial charge in [0, 0.05) is 0 Å². The van der Waals surface area contributed by atoms with Crippen LogP contribution >= 0.6 is 11.6 Å². The first-order valence-electron chi connectivity index (χ1n) is 3.78. The number of rotatable bonds is 2. The summed E-state index contributed by atoms with van der Waals surface area (Å²) in [5.74, 6) is 0. The summed E-state index contributed by atoms with van der Waals surface area (Å²) in [6, 6.07) is 5.80. The molecule has 1 aromatic rings. The summed E-state index contributed by atoms with van der Waals surface area (Å²) >= 11 is 5.82. The van der Waals surface area contributed by atoms with E-state index in [1.807, 2.05) is 18.2 Å². The Kier molecular flexibility index (Phi) is 2.77. The van der Waals surface area contributed by atoms with Gasteiger partial charge in [0.2, 0.25) is 0 Å². The lowest BCUT2D eigenvalue weighted by molar-refractivity contribution is 0.922. The summed E-state index contributed by atoms with van der Waals surface area (Å²) in [6.45, 7) is 2.14. The molecule has 0 amide bonds. The highest BCUT2D eigenvalue weighted by Gasteiger charge is 1.96. The van der Waals surface area contributed by atoms with Crippen LogP contribution in [0.2, 0.25) is 5.02 Å². The zero-order chi connectivity index (χ0) is 8.27. The molecule has 2 heteroatoms. The fourth-order valence-electron chi connectivity index (χ4n) is 1.01. The van der Waals surface area contributed by atoms with Gasteiger partial charge in [0.25, 0.3) is 0 Å². The predicted octanol–water partition coefficient (Wildman–Crippen LogP) is 2.87. The minimum atomic E-state index is 0.659. The number of benzene rings is 1. The smallest absolute Gasteiger partial charge is 0.0638 e. The van der Waals surface area contributed by atoms with Crippen LogP contribution in [0.15, 0.2) is 18.2 Å². The maximum atomic E-state index is 5.82. The van der Waals surface area contributed by atoms with Gasteiger partial charge >= 0.3 is 0 Å². The molecule has 2 N–H and O–H groups in total. The topological polar surface area (TPSA) is 26.0 Å². The molecule has 1 rings (SSSR count). The second-order valence-electron chi connectivity index (χ2n) is 2.61. The van der Waals surface area contributed by atoms with Crippen molar-refractivity contribution in [3.05, 3.63) is 28.8 Å². The van der Waals surface area contributed by atoms with Crippen LogP contribution in [-0.4, -0.2) is 0 Å². The molecule has 11 heavy (non-hydrogen) atoms. The van der Waals surface area contributed by atoms with E-state index < -0.39 is 0 Å². The number of aryl methyl sites for hydroxylation is 1. The van der Waals surface area contributed by atoms with Crippen LogP contribution in [0.3, 0.4) is 0 Å². The minimum absolute atomic E-state index is 0.659. The van der Waals surface area contributed by atoms with Crippen LogP contribution in [0.5, 0.6) is 0 Å². The van der Waals surface area contributed by atoms with Gasteiger partial charge in [-0.2, -0.15) is 0 Å². The molecule has 0 atom stereocenters. The highest BCUT2D eigenvalue weighted by atomic mass is 35.5. The Morgan fingerprint density at radius 1 is 1.45 bits per heavy atom. The van der Waals surface area contributed by atoms with Gasteiger partial charge < -0.3 is 5.73 Å². The molecule has 0 aliphatic rings. The molecule has 0 aromatic heterocycles. The average molecular weight is 170 g/mol. The van der Waals surface area contributed by atoms with Crippen LogP contribution < -0.4 is 5.73 Å². The molecule has 0 fully saturated rings. The van der Waals surface area contributed by atoms with Gasteiger partial charge in [-0.25, -0.2) is 0 Å². The molecule has 0 unspecified atom stereocenters. The van der Waals surface area contributed by atoms with Crippen molar-refractivity contribution in [1.82, 2.24) is 0 Å². The van der Waals surface area contributed by atoms with E-state index in [2.05, 4.69) is 6.92 Å². The van der Waals surface area contributed by atoms with Gasteiger partial charge in [-0.05, 0) is 24.1 Å². The third-order valence-corrected chi connectivity index (χ3v) is 1.93. The maximum absolute atomic E-state index is 5.82. The fraction of sp³-hybridized carbons (Fsp3) is 0.333. The van der Waals surface area contributed by atoms with Crippen molar-refractivity contribution in [3.63, 3.8) is 0 Å². The van der Waals surface area contributed by atoms with E-state index in [0.29, 0.717) is 10.7 Å². The molecule has 0 bridgehead atoms. The monoisotopic (exact) mass is 169 g/mol. The lowest BCUT2D eigenvalue weighted by atomic mass is 10.1. The number of anilines is 1. The molecular weight excluding hydrogens is 158 g/mol. The Hall–Kier alpha value is -0.690. The Morgan fingerprint density at radius 2 is 2.18 bits per heavy atom. The molecule has 0 heterocycles. The van der Waals surface area contributed by atoms with Gasteiger partial charge in [-0.1, -0.05) is 31.0 Å². The summed E-state index contributed by atoms with van der Waals surface area (Å²) in [6.07, 6.45) is 2.21. The minimum Gasteiger partial charge on any atom is -0.398 e. The molecule has 0 aliphatic heterocycles. The van der Waals surface area contributed by atoms with E-state index >= 15 is 0 Å². The van der Waals surface area contributed by atoms with Gasteiger partial charge in [-0.15, -0.1) is 0 Å². The van der Waals surface area contributed by atoms with Crippen molar-refractivity contribution in [3.8, 4) is 0 Å². The first-order chi connectivity index (χ1) is 5.24. The first-order valence-corrected chi connectivity index (χ1v) is 4.15.